The van der Waals surface area contributed by atoms with E-state index >= 15 is 0 Å². The minimum atomic E-state index is -1.07. The Morgan fingerprint density at radius 3 is 1.57 bits per heavy atom. The number of carbonyl (C=O) groups is 2. The number of hydrogen-bond acceptors (Lipinski definition) is 5. The molecule has 0 saturated carbocycles. The average Bonchev–Trinajstić information content (AvgIpc) is 2.97. The number of benzene rings is 2. The van der Waals surface area contributed by atoms with Gasteiger partial charge in [-0.15, -0.1) is 12.4 Å². The molecule has 1 amide bonds. The molecule has 0 aliphatic carbocycles. The van der Waals surface area contributed by atoms with Gasteiger partial charge in [-0.3, -0.25) is 14.4 Å². The van der Waals surface area contributed by atoms with Gasteiger partial charge in [0.05, 0.1) is 0 Å². The lowest BCUT2D eigenvalue weighted by molar-refractivity contribution is 0.0683. The number of aromatic carboxylic acids is 1. The molecular weight excluding hydrogens is 570 g/mol. The molecule has 0 bridgehead atoms. The van der Waals surface area contributed by atoms with Gasteiger partial charge in [-0.25, -0.2) is 13.6 Å². The van der Waals surface area contributed by atoms with E-state index in [-0.39, 0.29) is 53.3 Å². The fourth-order valence-corrected chi connectivity index (χ4v) is 3.57. The zero-order valence-corrected chi connectivity index (χ0v) is 23.9. The number of nitrogens with zero attached hydrogens (tertiary/aromatic N) is 2. The smallest absolute Gasteiger partial charge is 0.352 e. The van der Waals surface area contributed by atoms with E-state index in [1.807, 2.05) is 0 Å². The Hall–Kier alpha value is -4.61. The number of nitrogens with two attached hydrogens (primary N) is 1. The van der Waals surface area contributed by atoms with Crippen LogP contribution in [-0.2, 0) is 26.2 Å². The van der Waals surface area contributed by atoms with Gasteiger partial charge in [-0.2, -0.15) is 0 Å². The lowest BCUT2D eigenvalue weighted by atomic mass is 10.2. The van der Waals surface area contributed by atoms with Gasteiger partial charge in [0.1, 0.15) is 23.0 Å². The molecular formula is C30H33ClF2N4O5. The highest BCUT2D eigenvalue weighted by Crippen LogP contribution is 2.04. The van der Waals surface area contributed by atoms with Crippen LogP contribution in [0.25, 0.3) is 0 Å². The maximum Gasteiger partial charge on any atom is 0.352 e. The van der Waals surface area contributed by atoms with Crippen molar-refractivity contribution in [2.75, 3.05) is 0 Å². The normalized spacial score (nSPS) is 9.74. The predicted octanol–water partition coefficient (Wildman–Crippen LogP) is 4.21. The molecule has 12 heteroatoms. The number of amides is 1. The summed E-state index contributed by atoms with van der Waals surface area (Å²) in [5, 5.41) is 11.4. The lowest BCUT2D eigenvalue weighted by Crippen LogP contribution is -2.31. The zero-order valence-electron chi connectivity index (χ0n) is 23.1. The number of carboxylic acids is 1. The summed E-state index contributed by atoms with van der Waals surface area (Å²) in [5.74, 6) is -1.93. The number of halogens is 3. The van der Waals surface area contributed by atoms with E-state index in [9.17, 15) is 28.0 Å². The van der Waals surface area contributed by atoms with E-state index in [1.165, 1.54) is 57.7 Å². The summed E-state index contributed by atoms with van der Waals surface area (Å²) in [6.07, 6.45) is 0. The molecule has 0 aliphatic rings. The van der Waals surface area contributed by atoms with Crippen LogP contribution in [0.1, 0.15) is 46.0 Å². The van der Waals surface area contributed by atoms with Crippen molar-refractivity contribution >= 4 is 24.3 Å². The molecule has 2 aromatic carbocycles. The molecule has 0 atom stereocenters. The second-order valence-electron chi connectivity index (χ2n) is 8.43. The van der Waals surface area contributed by atoms with Gasteiger partial charge in [-0.05, 0) is 61.4 Å². The quantitative estimate of drug-likeness (QED) is 0.290. The largest absolute Gasteiger partial charge is 0.477 e. The van der Waals surface area contributed by atoms with E-state index in [0.717, 1.165) is 11.1 Å². The van der Waals surface area contributed by atoms with Crippen molar-refractivity contribution in [1.29, 1.82) is 0 Å². The molecule has 0 saturated heterocycles. The van der Waals surface area contributed by atoms with Crippen molar-refractivity contribution in [3.8, 4) is 0 Å². The van der Waals surface area contributed by atoms with Crippen LogP contribution in [0, 0.1) is 11.6 Å². The zero-order chi connectivity index (χ0) is 30.4. The van der Waals surface area contributed by atoms with Crippen molar-refractivity contribution < 1.29 is 23.5 Å². The van der Waals surface area contributed by atoms with Gasteiger partial charge < -0.3 is 25.3 Å². The van der Waals surface area contributed by atoms with Crippen LogP contribution in [0.3, 0.4) is 0 Å². The molecule has 4 N–H and O–H groups in total. The molecule has 0 unspecified atom stereocenters. The monoisotopic (exact) mass is 602 g/mol. The summed E-state index contributed by atoms with van der Waals surface area (Å²) in [4.78, 5) is 45.3. The maximum atomic E-state index is 12.8. The van der Waals surface area contributed by atoms with Gasteiger partial charge in [0.25, 0.3) is 17.0 Å². The first-order valence-corrected chi connectivity index (χ1v) is 12.7. The first-order valence-electron chi connectivity index (χ1n) is 12.7. The first kappa shape index (κ1) is 35.4. The Morgan fingerprint density at radius 2 is 1.17 bits per heavy atom. The first-order chi connectivity index (χ1) is 19.6. The highest BCUT2D eigenvalue weighted by atomic mass is 35.5. The van der Waals surface area contributed by atoms with Crippen molar-refractivity contribution in [2.45, 2.75) is 40.0 Å². The minimum absolute atomic E-state index is 0. The maximum absolute atomic E-state index is 12.8. The molecule has 0 fully saturated rings. The Bertz CT molecular complexity index is 1560. The lowest BCUT2D eigenvalue weighted by Gasteiger charge is -2.10. The number of carbonyl (C=O) groups excluding carboxylic acids is 1. The second-order valence-corrected chi connectivity index (χ2v) is 8.43. The van der Waals surface area contributed by atoms with Crippen LogP contribution < -0.4 is 22.2 Å². The van der Waals surface area contributed by atoms with Gasteiger partial charge in [0.15, 0.2) is 0 Å². The van der Waals surface area contributed by atoms with Gasteiger partial charge in [-0.1, -0.05) is 36.4 Å². The van der Waals surface area contributed by atoms with Crippen molar-refractivity contribution in [2.24, 2.45) is 5.73 Å². The third-order valence-electron chi connectivity index (χ3n) is 5.70. The third kappa shape index (κ3) is 10.8. The van der Waals surface area contributed by atoms with Crippen LogP contribution in [-0.4, -0.2) is 26.1 Å². The fraction of sp³-hybridized carbons (Fsp3) is 0.200. The van der Waals surface area contributed by atoms with E-state index in [4.69, 9.17) is 10.8 Å². The summed E-state index contributed by atoms with van der Waals surface area (Å²) in [7, 11) is 0. The van der Waals surface area contributed by atoms with Crippen molar-refractivity contribution in [3.63, 3.8) is 0 Å². The standard InChI is InChI=1S/C15H15FN2O2.C8H9NO3.C7H8FN.ClH/c1-2-18-13(4-3-5-14(18)19)15(20)17-10-11-6-8-12(16)9-7-11;1-2-9-6(8(11)12)4-3-5-7(9)10;8-7-3-1-6(5-9)2-4-7;/h3-9H,2,10H2,1H3,(H,17,20);3-5H,2H2,1H3,(H,11,12);1-4H,5,9H2;1H. The van der Waals surface area contributed by atoms with Crippen molar-refractivity contribution in [3.05, 3.63) is 140 Å². The number of carboxylic acid groups (broad SMARTS) is 1. The Labute approximate surface area is 247 Å². The highest BCUT2D eigenvalue weighted by Gasteiger charge is 2.10. The Morgan fingerprint density at radius 1 is 0.738 bits per heavy atom. The van der Waals surface area contributed by atoms with Gasteiger partial charge in [0.2, 0.25) is 0 Å². The summed E-state index contributed by atoms with van der Waals surface area (Å²) in [5.41, 5.74) is 6.89. The molecule has 0 spiro atoms. The highest BCUT2D eigenvalue weighted by molar-refractivity contribution is 5.92. The minimum Gasteiger partial charge on any atom is -0.477 e. The molecule has 0 aliphatic heterocycles. The number of nitrogens with one attached hydrogen (secondary N) is 1. The van der Waals surface area contributed by atoms with Gasteiger partial charge >= 0.3 is 5.97 Å². The number of aromatic nitrogens is 2. The number of pyridine rings is 2. The van der Waals surface area contributed by atoms with Crippen LogP contribution in [0.4, 0.5) is 8.78 Å². The van der Waals surface area contributed by atoms with E-state index in [0.29, 0.717) is 25.3 Å². The molecule has 4 aromatic rings. The second kappa shape index (κ2) is 17.9. The SMILES string of the molecule is CCn1c(C(=O)NCc2ccc(F)cc2)cccc1=O.CCn1c(C(=O)O)cccc1=O.Cl.NCc1ccc(F)cc1. The summed E-state index contributed by atoms with van der Waals surface area (Å²) >= 11 is 0. The molecule has 0 radical (unpaired) electrons. The van der Waals surface area contributed by atoms with Crippen LogP contribution in [0.15, 0.2) is 94.5 Å². The number of rotatable bonds is 7. The fourth-order valence-electron chi connectivity index (χ4n) is 3.57. The topological polar surface area (TPSA) is 136 Å². The van der Waals surface area contributed by atoms with E-state index in [2.05, 4.69) is 5.32 Å². The average molecular weight is 603 g/mol. The molecule has 4 rings (SSSR count). The Kier molecular flexibility index (Phi) is 15.1. The predicted molar refractivity (Wildman–Crippen MR) is 159 cm³/mol. The van der Waals surface area contributed by atoms with Gasteiger partial charge in [0, 0.05) is 38.3 Å². The molecule has 2 heterocycles. The van der Waals surface area contributed by atoms with E-state index < -0.39 is 5.97 Å². The Balaban J connectivity index is 0.000000342. The molecule has 9 nitrogen and oxygen atoms in total. The summed E-state index contributed by atoms with van der Waals surface area (Å²) < 4.78 is 27.6. The summed E-state index contributed by atoms with van der Waals surface area (Å²) in [6, 6.07) is 20.8. The van der Waals surface area contributed by atoms with Crippen LogP contribution in [0.2, 0.25) is 0 Å². The van der Waals surface area contributed by atoms with Crippen molar-refractivity contribution in [1.82, 2.24) is 14.5 Å². The van der Waals surface area contributed by atoms with Crippen LogP contribution in [0.5, 0.6) is 0 Å². The third-order valence-corrected chi connectivity index (χ3v) is 5.70. The number of hydrogen-bond donors (Lipinski definition) is 3. The van der Waals surface area contributed by atoms with E-state index in [1.54, 1.807) is 50.2 Å². The molecule has 42 heavy (non-hydrogen) atoms. The molecule has 224 valence electrons. The van der Waals surface area contributed by atoms with Crippen LogP contribution >= 0.6 is 12.4 Å². The molecule has 2 aromatic heterocycles. The summed E-state index contributed by atoms with van der Waals surface area (Å²) in [6.45, 7) is 5.10.